The van der Waals surface area contributed by atoms with Gasteiger partial charge in [0.2, 0.25) is 0 Å². The molecule has 0 radical (unpaired) electrons. The minimum atomic E-state index is -0.764. The third kappa shape index (κ3) is 3.57. The molecule has 2 rings (SSSR count). The summed E-state index contributed by atoms with van der Waals surface area (Å²) in [7, 11) is 0. The zero-order chi connectivity index (χ0) is 14.8. The summed E-state index contributed by atoms with van der Waals surface area (Å²) in [5, 5.41) is 3.46. The molecule has 0 aromatic heterocycles. The molecule has 1 saturated carbocycles. The van der Waals surface area contributed by atoms with Crippen LogP contribution in [0, 0.1) is 23.0 Å². The second-order valence-corrected chi connectivity index (χ2v) is 6.96. The van der Waals surface area contributed by atoms with Crippen LogP contribution >= 0.6 is 0 Å². The largest absolute Gasteiger partial charge is 0.310 e. The molecule has 0 heterocycles. The Hall–Kier alpha value is -0.960. The Labute approximate surface area is 120 Å². The first kappa shape index (κ1) is 15.4. The van der Waals surface area contributed by atoms with Crippen molar-refractivity contribution in [3.8, 4) is 0 Å². The Morgan fingerprint density at radius 2 is 1.85 bits per heavy atom. The quantitative estimate of drug-likeness (QED) is 0.849. The number of hydrogen-bond acceptors (Lipinski definition) is 1. The van der Waals surface area contributed by atoms with Crippen LogP contribution in [0.15, 0.2) is 18.2 Å². The van der Waals surface area contributed by atoms with Gasteiger partial charge < -0.3 is 5.32 Å². The predicted octanol–water partition coefficient (Wildman–Crippen LogP) is 4.66. The van der Waals surface area contributed by atoms with E-state index in [9.17, 15) is 8.78 Å². The van der Waals surface area contributed by atoms with E-state index >= 15 is 0 Å². The second kappa shape index (κ2) is 6.21. The Kier molecular flexibility index (Phi) is 4.79. The summed E-state index contributed by atoms with van der Waals surface area (Å²) in [6, 6.07) is 4.78. The molecule has 0 bridgehead atoms. The van der Waals surface area contributed by atoms with Crippen molar-refractivity contribution in [2.24, 2.45) is 11.3 Å². The average molecular weight is 281 g/mol. The molecule has 2 unspecified atom stereocenters. The molecule has 0 aliphatic heterocycles. The van der Waals surface area contributed by atoms with Crippen molar-refractivity contribution in [1.29, 1.82) is 0 Å². The molecular formula is C17H25F2N. The van der Waals surface area contributed by atoms with Gasteiger partial charge in [-0.05, 0) is 30.2 Å². The summed E-state index contributed by atoms with van der Waals surface area (Å²) in [4.78, 5) is 0. The molecule has 1 aliphatic rings. The third-order valence-electron chi connectivity index (χ3n) is 4.46. The van der Waals surface area contributed by atoms with Gasteiger partial charge in [-0.15, -0.1) is 0 Å². The van der Waals surface area contributed by atoms with E-state index in [2.05, 4.69) is 26.1 Å². The van der Waals surface area contributed by atoms with E-state index in [4.69, 9.17) is 0 Å². The summed E-state index contributed by atoms with van der Waals surface area (Å²) in [5.41, 5.74) is 0.668. The number of benzene rings is 1. The molecule has 2 atom stereocenters. The van der Waals surface area contributed by atoms with Gasteiger partial charge in [-0.3, -0.25) is 0 Å². The first-order chi connectivity index (χ1) is 9.39. The summed E-state index contributed by atoms with van der Waals surface area (Å²) in [5.74, 6) is -0.892. The summed E-state index contributed by atoms with van der Waals surface area (Å²) in [6.45, 7) is 7.20. The molecule has 112 valence electrons. The molecule has 1 nitrogen and oxygen atoms in total. The van der Waals surface area contributed by atoms with Crippen LogP contribution in [-0.2, 0) is 6.54 Å². The van der Waals surface area contributed by atoms with E-state index in [0.29, 0.717) is 24.1 Å². The highest BCUT2D eigenvalue weighted by Crippen LogP contribution is 2.38. The molecule has 0 spiro atoms. The van der Waals surface area contributed by atoms with Crippen LogP contribution in [0.25, 0.3) is 0 Å². The molecule has 3 heteroatoms. The Morgan fingerprint density at radius 3 is 2.55 bits per heavy atom. The van der Waals surface area contributed by atoms with E-state index in [1.165, 1.54) is 19.3 Å². The van der Waals surface area contributed by atoms with E-state index < -0.39 is 11.6 Å². The number of halogens is 2. The van der Waals surface area contributed by atoms with Gasteiger partial charge in [-0.2, -0.15) is 0 Å². The van der Waals surface area contributed by atoms with Gasteiger partial charge in [0.1, 0.15) is 0 Å². The fraction of sp³-hybridized carbons (Fsp3) is 0.647. The molecule has 20 heavy (non-hydrogen) atoms. The Balaban J connectivity index is 2.03. The van der Waals surface area contributed by atoms with E-state index in [1.807, 2.05) is 0 Å². The van der Waals surface area contributed by atoms with Crippen molar-refractivity contribution >= 4 is 0 Å². The van der Waals surface area contributed by atoms with E-state index in [-0.39, 0.29) is 5.41 Å². The third-order valence-corrected chi connectivity index (χ3v) is 4.46. The number of hydrogen-bond donors (Lipinski definition) is 1. The highest BCUT2D eigenvalue weighted by Gasteiger charge is 2.33. The Morgan fingerprint density at radius 1 is 1.15 bits per heavy atom. The maximum atomic E-state index is 13.7. The molecule has 1 N–H and O–H groups in total. The van der Waals surface area contributed by atoms with Gasteiger partial charge >= 0.3 is 0 Å². The zero-order valence-electron chi connectivity index (χ0n) is 12.7. The fourth-order valence-electron chi connectivity index (χ4n) is 3.34. The summed E-state index contributed by atoms with van der Waals surface area (Å²) < 4.78 is 26.9. The van der Waals surface area contributed by atoms with Gasteiger partial charge in [-0.25, -0.2) is 8.78 Å². The van der Waals surface area contributed by atoms with Crippen molar-refractivity contribution < 1.29 is 8.78 Å². The lowest BCUT2D eigenvalue weighted by atomic mass is 9.69. The Bertz CT molecular complexity index is 451. The summed E-state index contributed by atoms with van der Waals surface area (Å²) in [6.07, 6.45) is 4.83. The van der Waals surface area contributed by atoms with Crippen molar-refractivity contribution in [2.45, 2.75) is 59.0 Å². The van der Waals surface area contributed by atoms with Gasteiger partial charge in [0, 0.05) is 18.2 Å². The average Bonchev–Trinajstić information content (AvgIpc) is 2.40. The van der Waals surface area contributed by atoms with Gasteiger partial charge in [-0.1, -0.05) is 45.7 Å². The maximum absolute atomic E-state index is 13.7. The zero-order valence-corrected chi connectivity index (χ0v) is 12.7. The SMILES string of the molecule is CC(C)(C)C1CCCCC1NCc1cccc(F)c1F. The van der Waals surface area contributed by atoms with Crippen molar-refractivity contribution in [3.63, 3.8) is 0 Å². The van der Waals surface area contributed by atoms with Crippen molar-refractivity contribution in [2.75, 3.05) is 0 Å². The van der Waals surface area contributed by atoms with Gasteiger partial charge in [0.05, 0.1) is 0 Å². The fourth-order valence-corrected chi connectivity index (χ4v) is 3.34. The molecule has 1 aromatic carbocycles. The normalized spacial score (nSPS) is 23.9. The number of rotatable bonds is 3. The lowest BCUT2D eigenvalue weighted by Crippen LogP contribution is -2.44. The van der Waals surface area contributed by atoms with Gasteiger partial charge in [0.15, 0.2) is 11.6 Å². The molecular weight excluding hydrogens is 256 g/mol. The standard InChI is InChI=1S/C17H25F2N/c1-17(2,3)13-8-4-5-10-15(13)20-11-12-7-6-9-14(18)16(12)19/h6-7,9,13,15,20H,4-5,8,10-11H2,1-3H3. The molecule has 0 amide bonds. The predicted molar refractivity (Wildman–Crippen MR) is 78.4 cm³/mol. The molecule has 0 saturated heterocycles. The molecule has 1 aliphatic carbocycles. The van der Waals surface area contributed by atoms with Gasteiger partial charge in [0.25, 0.3) is 0 Å². The van der Waals surface area contributed by atoms with Crippen LogP contribution < -0.4 is 5.32 Å². The highest BCUT2D eigenvalue weighted by molar-refractivity contribution is 5.18. The second-order valence-electron chi connectivity index (χ2n) is 6.96. The maximum Gasteiger partial charge on any atom is 0.163 e. The van der Waals surface area contributed by atoms with Crippen LogP contribution in [-0.4, -0.2) is 6.04 Å². The van der Waals surface area contributed by atoms with Crippen LogP contribution in [0.2, 0.25) is 0 Å². The van der Waals surface area contributed by atoms with E-state index in [1.54, 1.807) is 12.1 Å². The highest BCUT2D eigenvalue weighted by atomic mass is 19.2. The lowest BCUT2D eigenvalue weighted by molar-refractivity contribution is 0.130. The van der Waals surface area contributed by atoms with Crippen molar-refractivity contribution in [3.05, 3.63) is 35.4 Å². The van der Waals surface area contributed by atoms with Crippen LogP contribution in [0.4, 0.5) is 8.78 Å². The smallest absolute Gasteiger partial charge is 0.163 e. The lowest BCUT2D eigenvalue weighted by Gasteiger charge is -2.41. The van der Waals surface area contributed by atoms with E-state index in [0.717, 1.165) is 12.5 Å². The first-order valence-corrected chi connectivity index (χ1v) is 7.56. The minimum absolute atomic E-state index is 0.249. The molecule has 1 aromatic rings. The molecule has 1 fully saturated rings. The van der Waals surface area contributed by atoms with Crippen LogP contribution in [0.3, 0.4) is 0 Å². The number of nitrogens with one attached hydrogen (secondary N) is 1. The van der Waals surface area contributed by atoms with Crippen molar-refractivity contribution in [1.82, 2.24) is 5.32 Å². The summed E-state index contributed by atoms with van der Waals surface area (Å²) >= 11 is 0. The minimum Gasteiger partial charge on any atom is -0.310 e. The first-order valence-electron chi connectivity index (χ1n) is 7.56. The monoisotopic (exact) mass is 281 g/mol. The van der Waals surface area contributed by atoms with Crippen LogP contribution in [0.5, 0.6) is 0 Å². The topological polar surface area (TPSA) is 12.0 Å². The van der Waals surface area contributed by atoms with Crippen LogP contribution in [0.1, 0.15) is 52.0 Å².